The molecule has 7 nitrogen and oxygen atoms in total. The molecule has 4 heterocycles. The van der Waals surface area contributed by atoms with Crippen LogP contribution in [0.2, 0.25) is 5.02 Å². The molecule has 0 radical (unpaired) electrons. The smallest absolute Gasteiger partial charge is 0.228 e. The van der Waals surface area contributed by atoms with E-state index < -0.39 is 0 Å². The molecule has 160 valence electrons. The van der Waals surface area contributed by atoms with E-state index in [1.54, 1.807) is 12.3 Å². The molecule has 0 unspecified atom stereocenters. The Balaban J connectivity index is 1.45. The number of aromatic nitrogens is 2. The van der Waals surface area contributed by atoms with Gasteiger partial charge in [0.25, 0.3) is 0 Å². The molecular weight excluding hydrogens is 404 g/mol. The van der Waals surface area contributed by atoms with Gasteiger partial charge in [0, 0.05) is 50.7 Å². The summed E-state index contributed by atoms with van der Waals surface area (Å²) in [6, 6.07) is 7.59. The lowest BCUT2D eigenvalue weighted by Gasteiger charge is -2.22. The first-order valence-electron chi connectivity index (χ1n) is 10.5. The van der Waals surface area contributed by atoms with Gasteiger partial charge in [-0.1, -0.05) is 17.7 Å². The number of rotatable bonds is 6. The van der Waals surface area contributed by atoms with Crippen LogP contribution in [0.4, 0.5) is 11.6 Å². The molecule has 4 rings (SSSR count). The summed E-state index contributed by atoms with van der Waals surface area (Å²) in [7, 11) is 0. The maximum atomic E-state index is 12.5. The lowest BCUT2D eigenvalue weighted by atomic mass is 9.99. The van der Waals surface area contributed by atoms with Gasteiger partial charge in [0.2, 0.25) is 5.91 Å². The lowest BCUT2D eigenvalue weighted by Crippen LogP contribution is -2.28. The molecule has 2 aliphatic heterocycles. The zero-order chi connectivity index (χ0) is 20.8. The number of nitrogens with one attached hydrogen (secondary N) is 2. The van der Waals surface area contributed by atoms with Gasteiger partial charge in [-0.05, 0) is 49.8 Å². The molecule has 0 atom stereocenters. The fourth-order valence-corrected chi connectivity index (χ4v) is 3.97. The Labute approximate surface area is 181 Å². The summed E-state index contributed by atoms with van der Waals surface area (Å²) in [4.78, 5) is 21.5. The van der Waals surface area contributed by atoms with Gasteiger partial charge in [0.05, 0.1) is 10.7 Å². The molecule has 0 spiro atoms. The van der Waals surface area contributed by atoms with Crippen LogP contribution in [0.25, 0.3) is 11.3 Å². The molecule has 30 heavy (non-hydrogen) atoms. The maximum Gasteiger partial charge on any atom is 0.228 e. The fourth-order valence-electron chi connectivity index (χ4n) is 3.77. The zero-order valence-electron chi connectivity index (χ0n) is 16.9. The first kappa shape index (κ1) is 21.0. The Morgan fingerprint density at radius 3 is 2.57 bits per heavy atom. The Morgan fingerprint density at radius 1 is 1.07 bits per heavy atom. The van der Waals surface area contributed by atoms with Crippen molar-refractivity contribution in [1.82, 2.24) is 9.97 Å². The van der Waals surface area contributed by atoms with Gasteiger partial charge in [-0.3, -0.25) is 4.79 Å². The minimum Gasteiger partial charge on any atom is -0.381 e. The highest BCUT2D eigenvalue weighted by Gasteiger charge is 2.22. The van der Waals surface area contributed by atoms with Crippen LogP contribution in [0.15, 0.2) is 30.5 Å². The Bertz CT molecular complexity index is 867. The van der Waals surface area contributed by atoms with Crippen LogP contribution >= 0.6 is 11.6 Å². The minimum atomic E-state index is -0.0458. The molecule has 0 saturated carbocycles. The fraction of sp³-hybridized carbons (Fsp3) is 0.500. The highest BCUT2D eigenvalue weighted by atomic mass is 35.5. The largest absolute Gasteiger partial charge is 0.381 e. The van der Waals surface area contributed by atoms with Crippen molar-refractivity contribution in [2.75, 3.05) is 43.6 Å². The number of amides is 1. The van der Waals surface area contributed by atoms with Gasteiger partial charge < -0.3 is 20.1 Å². The van der Waals surface area contributed by atoms with Crippen molar-refractivity contribution in [1.29, 1.82) is 0 Å². The van der Waals surface area contributed by atoms with Crippen LogP contribution in [0.5, 0.6) is 0 Å². The molecule has 0 aromatic carbocycles. The second-order valence-corrected chi connectivity index (χ2v) is 8.18. The van der Waals surface area contributed by atoms with Crippen molar-refractivity contribution in [3.63, 3.8) is 0 Å². The van der Waals surface area contributed by atoms with E-state index in [4.69, 9.17) is 26.1 Å². The lowest BCUT2D eigenvalue weighted by molar-refractivity contribution is -0.122. The number of hydrogen-bond donors (Lipinski definition) is 2. The number of hydrogen-bond acceptors (Lipinski definition) is 6. The molecule has 0 bridgehead atoms. The van der Waals surface area contributed by atoms with Gasteiger partial charge in [0.1, 0.15) is 11.6 Å². The van der Waals surface area contributed by atoms with E-state index in [1.165, 1.54) is 0 Å². The molecule has 2 aromatic rings. The first-order chi connectivity index (χ1) is 14.7. The summed E-state index contributed by atoms with van der Waals surface area (Å²) in [5.74, 6) is 1.81. The highest BCUT2D eigenvalue weighted by Crippen LogP contribution is 2.29. The van der Waals surface area contributed by atoms with Gasteiger partial charge >= 0.3 is 0 Å². The van der Waals surface area contributed by atoms with Crippen molar-refractivity contribution >= 4 is 29.1 Å². The van der Waals surface area contributed by atoms with Crippen molar-refractivity contribution in [3.8, 4) is 11.3 Å². The molecule has 2 N–H and O–H groups in total. The van der Waals surface area contributed by atoms with E-state index in [0.717, 1.165) is 62.5 Å². The predicted molar refractivity (Wildman–Crippen MR) is 117 cm³/mol. The van der Waals surface area contributed by atoms with Gasteiger partial charge in [0.15, 0.2) is 0 Å². The number of carbonyl (C=O) groups is 1. The van der Waals surface area contributed by atoms with Crippen LogP contribution in [-0.4, -0.2) is 48.8 Å². The van der Waals surface area contributed by atoms with E-state index in [-0.39, 0.29) is 11.8 Å². The van der Waals surface area contributed by atoms with Gasteiger partial charge in [-0.2, -0.15) is 0 Å². The zero-order valence-corrected chi connectivity index (χ0v) is 17.7. The molecule has 2 aromatic heterocycles. The minimum absolute atomic E-state index is 0.0288. The third kappa shape index (κ3) is 5.47. The highest BCUT2D eigenvalue weighted by molar-refractivity contribution is 6.33. The summed E-state index contributed by atoms with van der Waals surface area (Å²) in [5, 5.41) is 6.83. The van der Waals surface area contributed by atoms with E-state index in [2.05, 4.69) is 15.6 Å². The Kier molecular flexibility index (Phi) is 7.15. The monoisotopic (exact) mass is 430 g/mol. The number of ether oxygens (including phenoxy) is 2. The number of nitrogens with zero attached hydrogens (tertiary/aromatic N) is 2. The third-order valence-electron chi connectivity index (χ3n) is 5.64. The average Bonchev–Trinajstić information content (AvgIpc) is 2.80. The predicted octanol–water partition coefficient (Wildman–Crippen LogP) is 4.00. The van der Waals surface area contributed by atoms with Crippen molar-refractivity contribution in [2.24, 2.45) is 11.8 Å². The van der Waals surface area contributed by atoms with E-state index in [9.17, 15) is 4.79 Å². The molecule has 0 aliphatic carbocycles. The second-order valence-electron chi connectivity index (χ2n) is 7.77. The average molecular weight is 431 g/mol. The standard InChI is InChI=1S/C22H27ClN4O3/c23-18-14-25-21(27-22(28)16-6-10-30-11-7-16)12-17(18)19-2-1-3-20(26-19)24-13-15-4-8-29-9-5-15/h1-3,12,14-16H,4-11,13H2,(H,24,26)(H,25,27,28). The normalized spacial score (nSPS) is 18.2. The third-order valence-corrected chi connectivity index (χ3v) is 5.94. The summed E-state index contributed by atoms with van der Waals surface area (Å²) >= 11 is 6.40. The molecular formula is C22H27ClN4O3. The van der Waals surface area contributed by atoms with E-state index in [1.807, 2.05) is 18.2 Å². The number of halogens is 1. The Hall–Kier alpha value is -2.22. The van der Waals surface area contributed by atoms with Crippen LogP contribution in [0.3, 0.4) is 0 Å². The summed E-state index contributed by atoms with van der Waals surface area (Å²) < 4.78 is 10.7. The molecule has 2 saturated heterocycles. The van der Waals surface area contributed by atoms with Crippen LogP contribution in [0.1, 0.15) is 25.7 Å². The van der Waals surface area contributed by atoms with E-state index in [0.29, 0.717) is 30.0 Å². The molecule has 2 aliphatic rings. The van der Waals surface area contributed by atoms with Crippen LogP contribution in [0, 0.1) is 11.8 Å². The van der Waals surface area contributed by atoms with Crippen LogP contribution < -0.4 is 10.6 Å². The van der Waals surface area contributed by atoms with Crippen LogP contribution in [-0.2, 0) is 14.3 Å². The van der Waals surface area contributed by atoms with Gasteiger partial charge in [-0.15, -0.1) is 0 Å². The number of carbonyl (C=O) groups excluding carboxylic acids is 1. The number of anilines is 2. The van der Waals surface area contributed by atoms with Crippen molar-refractivity contribution in [2.45, 2.75) is 25.7 Å². The van der Waals surface area contributed by atoms with E-state index >= 15 is 0 Å². The second kappa shape index (κ2) is 10.2. The molecule has 1 amide bonds. The summed E-state index contributed by atoms with van der Waals surface area (Å²) in [6.45, 7) is 3.77. The maximum absolute atomic E-state index is 12.5. The first-order valence-corrected chi connectivity index (χ1v) is 10.9. The van der Waals surface area contributed by atoms with Gasteiger partial charge in [-0.25, -0.2) is 9.97 Å². The molecule has 2 fully saturated rings. The summed E-state index contributed by atoms with van der Waals surface area (Å²) in [5.41, 5.74) is 1.48. The molecule has 8 heteroatoms. The Morgan fingerprint density at radius 2 is 1.80 bits per heavy atom. The SMILES string of the molecule is O=C(Nc1cc(-c2cccc(NCC3CCOCC3)n2)c(Cl)cn1)C1CCOCC1. The quantitative estimate of drug-likeness (QED) is 0.720. The summed E-state index contributed by atoms with van der Waals surface area (Å²) in [6.07, 6.45) is 5.15. The topological polar surface area (TPSA) is 85.4 Å². The van der Waals surface area contributed by atoms with Crippen molar-refractivity contribution < 1.29 is 14.3 Å². The van der Waals surface area contributed by atoms with Crippen molar-refractivity contribution in [3.05, 3.63) is 35.5 Å². The number of pyridine rings is 2.